The molecular formula is C17H18BrNO4. The highest BCUT2D eigenvalue weighted by atomic mass is 79.9. The molecule has 1 aromatic carbocycles. The minimum Gasteiger partial charge on any atom is -0.466 e. The van der Waals surface area contributed by atoms with Gasteiger partial charge in [-0.25, -0.2) is 4.79 Å². The van der Waals surface area contributed by atoms with Crippen molar-refractivity contribution < 1.29 is 18.7 Å². The van der Waals surface area contributed by atoms with Crippen molar-refractivity contribution in [2.75, 3.05) is 6.61 Å². The first-order chi connectivity index (χ1) is 10.9. The number of hydrogen-bond acceptors (Lipinski definition) is 4. The second-order valence-corrected chi connectivity index (χ2v) is 6.07. The molecule has 0 saturated heterocycles. The van der Waals surface area contributed by atoms with Crippen molar-refractivity contribution in [3.05, 3.63) is 57.5 Å². The van der Waals surface area contributed by atoms with Crippen molar-refractivity contribution in [1.29, 1.82) is 0 Å². The molecule has 1 amide bonds. The highest BCUT2D eigenvalue weighted by Gasteiger charge is 2.17. The molecule has 1 heterocycles. The van der Waals surface area contributed by atoms with Gasteiger partial charge in [-0.05, 0) is 38.5 Å². The summed E-state index contributed by atoms with van der Waals surface area (Å²) in [7, 11) is 0. The van der Waals surface area contributed by atoms with Crippen LogP contribution in [0.3, 0.4) is 0 Å². The van der Waals surface area contributed by atoms with Crippen LogP contribution in [0.25, 0.3) is 0 Å². The van der Waals surface area contributed by atoms with E-state index in [0.717, 1.165) is 10.0 Å². The first-order valence-electron chi connectivity index (χ1n) is 7.16. The number of amides is 1. The van der Waals surface area contributed by atoms with E-state index in [-0.39, 0.29) is 18.6 Å². The lowest BCUT2D eigenvalue weighted by Gasteiger charge is -2.15. The fourth-order valence-corrected chi connectivity index (χ4v) is 2.86. The third-order valence-corrected chi connectivity index (χ3v) is 4.07. The number of aryl methyl sites for hydroxylation is 2. The molecule has 23 heavy (non-hydrogen) atoms. The fraction of sp³-hybridized carbons (Fsp3) is 0.294. The van der Waals surface area contributed by atoms with Crippen molar-refractivity contribution in [3.8, 4) is 0 Å². The lowest BCUT2D eigenvalue weighted by molar-refractivity contribution is -0.124. The molecule has 1 aromatic heterocycles. The Morgan fingerprint density at radius 3 is 2.61 bits per heavy atom. The zero-order valence-corrected chi connectivity index (χ0v) is 14.8. The summed E-state index contributed by atoms with van der Waals surface area (Å²) in [6.45, 7) is 4.95. The normalized spacial score (nSPS) is 11.8. The van der Waals surface area contributed by atoms with Crippen LogP contribution in [0.4, 0.5) is 0 Å². The van der Waals surface area contributed by atoms with Gasteiger partial charge in [0.2, 0.25) is 0 Å². The van der Waals surface area contributed by atoms with Crippen molar-refractivity contribution in [2.45, 2.75) is 26.8 Å². The molecule has 122 valence electrons. The number of carbonyl (C=O) groups excluding carboxylic acids is 2. The van der Waals surface area contributed by atoms with E-state index in [1.165, 1.54) is 0 Å². The maximum Gasteiger partial charge on any atom is 0.342 e. The molecule has 0 fully saturated rings. The van der Waals surface area contributed by atoms with E-state index >= 15 is 0 Å². The third kappa shape index (κ3) is 4.45. The lowest BCUT2D eigenvalue weighted by Crippen LogP contribution is -2.31. The van der Waals surface area contributed by atoms with Gasteiger partial charge in [0.1, 0.15) is 17.1 Å². The number of furan rings is 1. The highest BCUT2D eigenvalue weighted by molar-refractivity contribution is 9.10. The van der Waals surface area contributed by atoms with Gasteiger partial charge in [-0.1, -0.05) is 34.1 Å². The maximum atomic E-state index is 11.9. The van der Waals surface area contributed by atoms with Crippen molar-refractivity contribution in [1.82, 2.24) is 5.32 Å². The van der Waals surface area contributed by atoms with Crippen LogP contribution in [0.1, 0.15) is 40.4 Å². The Hall–Kier alpha value is -2.08. The molecule has 0 aliphatic rings. The average Bonchev–Trinajstić information content (AvgIpc) is 2.84. The number of hydrogen-bond donors (Lipinski definition) is 1. The van der Waals surface area contributed by atoms with Crippen LogP contribution in [-0.2, 0) is 9.53 Å². The van der Waals surface area contributed by atoms with Gasteiger partial charge in [0.15, 0.2) is 6.61 Å². The highest BCUT2D eigenvalue weighted by Crippen LogP contribution is 2.22. The second-order valence-electron chi connectivity index (χ2n) is 5.21. The van der Waals surface area contributed by atoms with Crippen LogP contribution in [0.15, 0.2) is 39.2 Å². The Balaban J connectivity index is 1.89. The molecule has 1 N–H and O–H groups in total. The van der Waals surface area contributed by atoms with Gasteiger partial charge in [-0.15, -0.1) is 0 Å². The summed E-state index contributed by atoms with van der Waals surface area (Å²) in [5, 5.41) is 2.79. The predicted molar refractivity (Wildman–Crippen MR) is 89.2 cm³/mol. The Labute approximate surface area is 143 Å². The molecule has 0 radical (unpaired) electrons. The summed E-state index contributed by atoms with van der Waals surface area (Å²) in [5.41, 5.74) is 1.29. The summed E-state index contributed by atoms with van der Waals surface area (Å²) in [6.07, 6.45) is 0. The van der Waals surface area contributed by atoms with Gasteiger partial charge in [-0.3, -0.25) is 4.79 Å². The monoisotopic (exact) mass is 379 g/mol. The summed E-state index contributed by atoms with van der Waals surface area (Å²) in [5.74, 6) is 0.179. The van der Waals surface area contributed by atoms with Gasteiger partial charge in [0.05, 0.1) is 6.04 Å². The Morgan fingerprint density at radius 1 is 1.30 bits per heavy atom. The van der Waals surface area contributed by atoms with E-state index in [0.29, 0.717) is 17.1 Å². The second kappa shape index (κ2) is 7.46. The molecule has 2 aromatic rings. The van der Waals surface area contributed by atoms with Crippen molar-refractivity contribution in [2.24, 2.45) is 0 Å². The number of benzene rings is 1. The molecule has 0 unspecified atom stereocenters. The SMILES string of the molecule is Cc1cc(C(=O)OCC(=O)N[C@@H](C)c2ccccc2Br)c(C)o1. The summed E-state index contributed by atoms with van der Waals surface area (Å²) in [4.78, 5) is 23.9. The Kier molecular flexibility index (Phi) is 5.60. The number of nitrogens with one attached hydrogen (secondary N) is 1. The van der Waals surface area contributed by atoms with Crippen LogP contribution in [0, 0.1) is 13.8 Å². The average molecular weight is 380 g/mol. The van der Waals surface area contributed by atoms with Crippen LogP contribution in [-0.4, -0.2) is 18.5 Å². The van der Waals surface area contributed by atoms with E-state index < -0.39 is 5.97 Å². The Morgan fingerprint density at radius 2 is 2.00 bits per heavy atom. The van der Waals surface area contributed by atoms with Gasteiger partial charge >= 0.3 is 5.97 Å². The largest absolute Gasteiger partial charge is 0.466 e. The van der Waals surface area contributed by atoms with E-state index in [1.807, 2.05) is 31.2 Å². The molecule has 0 bridgehead atoms. The third-order valence-electron chi connectivity index (χ3n) is 3.34. The molecule has 0 saturated carbocycles. The molecule has 1 atom stereocenters. The zero-order valence-electron chi connectivity index (χ0n) is 13.2. The quantitative estimate of drug-likeness (QED) is 0.804. The molecule has 0 spiro atoms. The molecule has 6 heteroatoms. The van der Waals surface area contributed by atoms with E-state index in [2.05, 4.69) is 21.2 Å². The molecule has 5 nitrogen and oxygen atoms in total. The molecule has 0 aliphatic carbocycles. The van der Waals surface area contributed by atoms with Crippen molar-refractivity contribution >= 4 is 27.8 Å². The number of rotatable bonds is 5. The minimum absolute atomic E-state index is 0.199. The van der Waals surface area contributed by atoms with Crippen molar-refractivity contribution in [3.63, 3.8) is 0 Å². The zero-order chi connectivity index (χ0) is 17.0. The molecule has 0 aliphatic heterocycles. The van der Waals surface area contributed by atoms with Crippen LogP contribution in [0.5, 0.6) is 0 Å². The first kappa shape index (κ1) is 17.3. The number of carbonyl (C=O) groups is 2. The van der Waals surface area contributed by atoms with Crippen LogP contribution < -0.4 is 5.32 Å². The van der Waals surface area contributed by atoms with Crippen LogP contribution >= 0.6 is 15.9 Å². The van der Waals surface area contributed by atoms with E-state index in [9.17, 15) is 9.59 Å². The number of esters is 1. The maximum absolute atomic E-state index is 11.9. The summed E-state index contributed by atoms with van der Waals surface area (Å²) in [6, 6.07) is 9.01. The molecular weight excluding hydrogens is 362 g/mol. The summed E-state index contributed by atoms with van der Waals surface area (Å²) >= 11 is 3.44. The topological polar surface area (TPSA) is 68.5 Å². The Bertz CT molecular complexity index is 723. The number of ether oxygens (including phenoxy) is 1. The van der Waals surface area contributed by atoms with E-state index in [4.69, 9.17) is 9.15 Å². The lowest BCUT2D eigenvalue weighted by atomic mass is 10.1. The van der Waals surface area contributed by atoms with Gasteiger partial charge < -0.3 is 14.5 Å². The smallest absolute Gasteiger partial charge is 0.342 e. The first-order valence-corrected chi connectivity index (χ1v) is 7.95. The van der Waals surface area contributed by atoms with Gasteiger partial charge in [0.25, 0.3) is 5.91 Å². The predicted octanol–water partition coefficient (Wildman–Crippen LogP) is 3.69. The van der Waals surface area contributed by atoms with E-state index in [1.54, 1.807) is 19.9 Å². The summed E-state index contributed by atoms with van der Waals surface area (Å²) < 4.78 is 11.2. The standard InChI is InChI=1S/C17H18BrNO4/c1-10-8-14(12(3)23-10)17(21)22-9-16(20)19-11(2)13-6-4-5-7-15(13)18/h4-8,11H,9H2,1-3H3,(H,19,20)/t11-/m0/s1. The van der Waals surface area contributed by atoms with Gasteiger partial charge in [0, 0.05) is 4.47 Å². The fourth-order valence-electron chi connectivity index (χ4n) is 2.23. The minimum atomic E-state index is -0.567. The van der Waals surface area contributed by atoms with Gasteiger partial charge in [-0.2, -0.15) is 0 Å². The number of halogens is 1. The molecule has 2 rings (SSSR count). The van der Waals surface area contributed by atoms with Crippen LogP contribution in [0.2, 0.25) is 0 Å².